The molecule has 0 bridgehead atoms. The lowest BCUT2D eigenvalue weighted by Crippen LogP contribution is -2.39. The van der Waals surface area contributed by atoms with Crippen molar-refractivity contribution in [3.05, 3.63) is 0 Å². The first-order valence-electron chi connectivity index (χ1n) is 5.60. The summed E-state index contributed by atoms with van der Waals surface area (Å²) in [6, 6.07) is 0. The molecule has 0 aromatic rings. The van der Waals surface area contributed by atoms with E-state index in [1.807, 2.05) is 0 Å². The average molecular weight is 246 g/mol. The molecule has 0 amide bonds. The molecule has 0 aromatic heterocycles. The number of esters is 2. The van der Waals surface area contributed by atoms with Gasteiger partial charge >= 0.3 is 11.9 Å². The normalized spacial score (nSPS) is 26.6. The summed E-state index contributed by atoms with van der Waals surface area (Å²) in [6.45, 7) is 7.04. The maximum Gasteiger partial charge on any atom is 0.338 e. The van der Waals surface area contributed by atoms with Gasteiger partial charge in [-0.15, -0.1) is 0 Å². The second-order valence-corrected chi connectivity index (χ2v) is 3.98. The fraction of sp³-hybridized carbons (Fsp3) is 0.818. The van der Waals surface area contributed by atoms with Gasteiger partial charge < -0.3 is 18.9 Å². The van der Waals surface area contributed by atoms with Crippen molar-refractivity contribution in [3.8, 4) is 0 Å². The van der Waals surface area contributed by atoms with Crippen molar-refractivity contribution in [2.45, 2.75) is 45.7 Å². The molecule has 2 unspecified atom stereocenters. The Kier molecular flexibility index (Phi) is 4.47. The molecular formula is C11H18O6. The van der Waals surface area contributed by atoms with E-state index < -0.39 is 29.9 Å². The molecule has 98 valence electrons. The van der Waals surface area contributed by atoms with E-state index in [0.717, 1.165) is 0 Å². The van der Waals surface area contributed by atoms with Gasteiger partial charge in [0, 0.05) is 0 Å². The van der Waals surface area contributed by atoms with Crippen LogP contribution in [0.1, 0.15) is 27.7 Å². The van der Waals surface area contributed by atoms with Crippen molar-refractivity contribution in [2.24, 2.45) is 0 Å². The molecule has 0 spiro atoms. The smallest absolute Gasteiger partial charge is 0.338 e. The van der Waals surface area contributed by atoms with E-state index in [1.165, 1.54) is 0 Å². The van der Waals surface area contributed by atoms with Crippen LogP contribution in [0.5, 0.6) is 0 Å². The summed E-state index contributed by atoms with van der Waals surface area (Å²) in [5.41, 5.74) is 0. The molecule has 0 N–H and O–H groups in total. The third-order valence-electron chi connectivity index (χ3n) is 2.13. The third kappa shape index (κ3) is 3.41. The first-order chi connectivity index (χ1) is 7.91. The molecule has 1 saturated heterocycles. The van der Waals surface area contributed by atoms with E-state index in [2.05, 4.69) is 0 Å². The molecule has 0 saturated carbocycles. The molecule has 1 fully saturated rings. The predicted molar refractivity (Wildman–Crippen MR) is 57.1 cm³/mol. The van der Waals surface area contributed by atoms with Crippen LogP contribution in [0, 0.1) is 0 Å². The molecule has 2 atom stereocenters. The number of ether oxygens (including phenoxy) is 4. The molecule has 17 heavy (non-hydrogen) atoms. The maximum atomic E-state index is 11.6. The quantitative estimate of drug-likeness (QED) is 0.678. The average Bonchev–Trinajstić information content (AvgIpc) is 2.55. The van der Waals surface area contributed by atoms with Crippen molar-refractivity contribution >= 4 is 11.9 Å². The van der Waals surface area contributed by atoms with Crippen LogP contribution in [0.2, 0.25) is 0 Å². The zero-order valence-electron chi connectivity index (χ0n) is 10.5. The fourth-order valence-corrected chi connectivity index (χ4v) is 1.56. The van der Waals surface area contributed by atoms with Crippen LogP contribution >= 0.6 is 0 Å². The largest absolute Gasteiger partial charge is 0.464 e. The Morgan fingerprint density at radius 1 is 1.00 bits per heavy atom. The van der Waals surface area contributed by atoms with E-state index in [4.69, 9.17) is 18.9 Å². The fourth-order valence-electron chi connectivity index (χ4n) is 1.56. The summed E-state index contributed by atoms with van der Waals surface area (Å²) in [5, 5.41) is 0. The van der Waals surface area contributed by atoms with Gasteiger partial charge in [0.1, 0.15) is 0 Å². The van der Waals surface area contributed by atoms with Crippen LogP contribution in [0.4, 0.5) is 0 Å². The van der Waals surface area contributed by atoms with E-state index in [0.29, 0.717) is 0 Å². The summed E-state index contributed by atoms with van der Waals surface area (Å²) in [5.74, 6) is -2.23. The maximum absolute atomic E-state index is 11.6. The van der Waals surface area contributed by atoms with Gasteiger partial charge in [-0.2, -0.15) is 0 Å². The summed E-state index contributed by atoms with van der Waals surface area (Å²) >= 11 is 0. The monoisotopic (exact) mass is 246 g/mol. The van der Waals surface area contributed by atoms with Gasteiger partial charge in [-0.05, 0) is 27.7 Å². The first-order valence-corrected chi connectivity index (χ1v) is 5.60. The highest BCUT2D eigenvalue weighted by atomic mass is 16.8. The van der Waals surface area contributed by atoms with Crippen molar-refractivity contribution in [1.82, 2.24) is 0 Å². The van der Waals surface area contributed by atoms with Crippen LogP contribution in [0.15, 0.2) is 0 Å². The van der Waals surface area contributed by atoms with Gasteiger partial charge in [-0.25, -0.2) is 9.59 Å². The van der Waals surface area contributed by atoms with Gasteiger partial charge in [0.15, 0.2) is 18.0 Å². The molecule has 6 heteroatoms. The Morgan fingerprint density at radius 2 is 1.35 bits per heavy atom. The van der Waals surface area contributed by atoms with Gasteiger partial charge in [-0.3, -0.25) is 0 Å². The number of hydrogen-bond acceptors (Lipinski definition) is 6. The van der Waals surface area contributed by atoms with Gasteiger partial charge in [0.2, 0.25) is 0 Å². The second-order valence-electron chi connectivity index (χ2n) is 3.98. The Morgan fingerprint density at radius 3 is 1.65 bits per heavy atom. The topological polar surface area (TPSA) is 71.1 Å². The SMILES string of the molecule is CCOC(=O)C1OC(C)(C)OC1C(=O)OCC. The summed E-state index contributed by atoms with van der Waals surface area (Å²) < 4.78 is 20.3. The lowest BCUT2D eigenvalue weighted by molar-refractivity contribution is -0.173. The van der Waals surface area contributed by atoms with Gasteiger partial charge in [0.05, 0.1) is 13.2 Å². The highest BCUT2D eigenvalue weighted by molar-refractivity contribution is 5.86. The summed E-state index contributed by atoms with van der Waals surface area (Å²) in [6.07, 6.45) is -2.13. The van der Waals surface area contributed by atoms with Gasteiger partial charge in [0.25, 0.3) is 0 Å². The molecule has 1 aliphatic rings. The summed E-state index contributed by atoms with van der Waals surface area (Å²) in [4.78, 5) is 23.2. The minimum Gasteiger partial charge on any atom is -0.464 e. The second kappa shape index (κ2) is 5.46. The minimum absolute atomic E-state index is 0.217. The standard InChI is InChI=1S/C11H18O6/c1-5-14-9(12)7-8(10(13)15-6-2)17-11(3,4)16-7/h7-8H,5-6H2,1-4H3. The summed E-state index contributed by atoms with van der Waals surface area (Å²) in [7, 11) is 0. The van der Waals surface area contributed by atoms with Crippen molar-refractivity contribution in [1.29, 1.82) is 0 Å². The van der Waals surface area contributed by atoms with E-state index in [-0.39, 0.29) is 13.2 Å². The molecule has 0 aliphatic carbocycles. The minimum atomic E-state index is -1.07. The molecule has 0 radical (unpaired) electrons. The Balaban J connectivity index is 2.77. The highest BCUT2D eigenvalue weighted by Crippen LogP contribution is 2.29. The van der Waals surface area contributed by atoms with Crippen molar-refractivity contribution in [3.63, 3.8) is 0 Å². The first kappa shape index (κ1) is 13.9. The van der Waals surface area contributed by atoms with E-state index in [1.54, 1.807) is 27.7 Å². The van der Waals surface area contributed by atoms with Gasteiger partial charge in [-0.1, -0.05) is 0 Å². The van der Waals surface area contributed by atoms with Crippen LogP contribution in [0.25, 0.3) is 0 Å². The molecule has 1 aliphatic heterocycles. The lowest BCUT2D eigenvalue weighted by atomic mass is 10.2. The molecule has 0 aromatic carbocycles. The van der Waals surface area contributed by atoms with E-state index in [9.17, 15) is 9.59 Å². The number of hydrogen-bond donors (Lipinski definition) is 0. The van der Waals surface area contributed by atoms with Crippen molar-refractivity contribution in [2.75, 3.05) is 13.2 Å². The Hall–Kier alpha value is -1.14. The highest BCUT2D eigenvalue weighted by Gasteiger charge is 2.50. The molecular weight excluding hydrogens is 228 g/mol. The van der Waals surface area contributed by atoms with Crippen molar-refractivity contribution < 1.29 is 28.5 Å². The van der Waals surface area contributed by atoms with Crippen LogP contribution in [-0.2, 0) is 28.5 Å². The molecule has 1 rings (SSSR count). The zero-order chi connectivity index (χ0) is 13.1. The number of carbonyl (C=O) groups is 2. The lowest BCUT2D eigenvalue weighted by Gasteiger charge is -2.15. The van der Waals surface area contributed by atoms with Crippen LogP contribution in [0.3, 0.4) is 0 Å². The Bertz CT molecular complexity index is 270. The molecule has 6 nitrogen and oxygen atoms in total. The number of rotatable bonds is 4. The Labute approximate surface area is 100 Å². The van der Waals surface area contributed by atoms with Crippen LogP contribution < -0.4 is 0 Å². The van der Waals surface area contributed by atoms with E-state index >= 15 is 0 Å². The molecule has 1 heterocycles. The third-order valence-corrected chi connectivity index (χ3v) is 2.13. The predicted octanol–water partition coefficient (Wildman–Crippen LogP) is 0.633. The zero-order valence-corrected chi connectivity index (χ0v) is 10.5. The van der Waals surface area contributed by atoms with Crippen LogP contribution in [-0.4, -0.2) is 43.1 Å². The number of carbonyl (C=O) groups excluding carboxylic acids is 2.